The van der Waals surface area contributed by atoms with Crippen LogP contribution in [-0.2, 0) is 6.54 Å². The van der Waals surface area contributed by atoms with Crippen LogP contribution in [0.2, 0.25) is 0 Å². The Morgan fingerprint density at radius 2 is 2.32 bits per heavy atom. The van der Waals surface area contributed by atoms with Crippen molar-refractivity contribution < 1.29 is 0 Å². The van der Waals surface area contributed by atoms with Crippen LogP contribution in [0.4, 0.5) is 5.82 Å². The van der Waals surface area contributed by atoms with Gasteiger partial charge in [-0.25, -0.2) is 15.0 Å². The fraction of sp³-hybridized carbons (Fsp3) is 0.438. The number of piperidine rings is 1. The van der Waals surface area contributed by atoms with Crippen LogP contribution in [0.25, 0.3) is 10.2 Å². The first-order valence-corrected chi connectivity index (χ1v) is 8.60. The van der Waals surface area contributed by atoms with Crippen LogP contribution in [0.1, 0.15) is 18.7 Å². The Bertz CT molecular complexity index is 764. The molecule has 0 bridgehead atoms. The predicted molar refractivity (Wildman–Crippen MR) is 89.3 cm³/mol. The van der Waals surface area contributed by atoms with Crippen LogP contribution in [-0.4, -0.2) is 32.6 Å². The summed E-state index contributed by atoms with van der Waals surface area (Å²) in [5, 5.41) is 2.11. The summed E-state index contributed by atoms with van der Waals surface area (Å²) < 4.78 is 3.40. The lowest BCUT2D eigenvalue weighted by Gasteiger charge is -2.34. The molecule has 0 spiro atoms. The zero-order valence-corrected chi connectivity index (χ0v) is 13.5. The molecule has 6 heteroatoms. The third-order valence-corrected chi connectivity index (χ3v) is 5.14. The molecule has 1 aliphatic heterocycles. The standard InChI is InChI=1S/C16H19N5S/c1-12-18-14-4-8-22-15(14)16(19-12)21-6-2-3-13(10-21)9-20-7-5-17-11-20/h4-5,7-8,11,13H,2-3,6,9-10H2,1H3/t13-/m0/s1. The number of aryl methyl sites for hydroxylation is 1. The largest absolute Gasteiger partial charge is 0.355 e. The molecule has 1 fully saturated rings. The number of anilines is 1. The second kappa shape index (κ2) is 5.68. The highest BCUT2D eigenvalue weighted by Crippen LogP contribution is 2.31. The van der Waals surface area contributed by atoms with Crippen LogP contribution < -0.4 is 4.90 Å². The van der Waals surface area contributed by atoms with E-state index >= 15 is 0 Å². The van der Waals surface area contributed by atoms with Crippen molar-refractivity contribution in [1.29, 1.82) is 0 Å². The molecule has 0 N–H and O–H groups in total. The molecule has 0 amide bonds. The van der Waals surface area contributed by atoms with Crippen molar-refractivity contribution in [1.82, 2.24) is 19.5 Å². The van der Waals surface area contributed by atoms with Gasteiger partial charge in [0.2, 0.25) is 0 Å². The van der Waals surface area contributed by atoms with Crippen molar-refractivity contribution in [2.45, 2.75) is 26.3 Å². The number of nitrogens with zero attached hydrogens (tertiary/aromatic N) is 5. The Morgan fingerprint density at radius 3 is 3.18 bits per heavy atom. The number of aromatic nitrogens is 4. The maximum atomic E-state index is 4.73. The van der Waals surface area contributed by atoms with Gasteiger partial charge in [0.15, 0.2) is 0 Å². The lowest BCUT2D eigenvalue weighted by atomic mass is 9.98. The first-order chi connectivity index (χ1) is 10.8. The second-order valence-electron chi connectivity index (χ2n) is 5.94. The van der Waals surface area contributed by atoms with Crippen LogP contribution in [0.15, 0.2) is 30.2 Å². The lowest BCUT2D eigenvalue weighted by Crippen LogP contribution is -2.37. The molecule has 4 rings (SSSR count). The minimum atomic E-state index is 0.647. The van der Waals surface area contributed by atoms with Gasteiger partial charge >= 0.3 is 0 Å². The van der Waals surface area contributed by atoms with Gasteiger partial charge in [0.25, 0.3) is 0 Å². The summed E-state index contributed by atoms with van der Waals surface area (Å²) in [5.41, 5.74) is 1.07. The average molecular weight is 313 g/mol. The van der Waals surface area contributed by atoms with Crippen LogP contribution in [0.3, 0.4) is 0 Å². The number of hydrogen-bond donors (Lipinski definition) is 0. The quantitative estimate of drug-likeness (QED) is 0.745. The molecule has 4 heterocycles. The molecule has 0 radical (unpaired) electrons. The number of thiophene rings is 1. The number of fused-ring (bicyclic) bond motifs is 1. The summed E-state index contributed by atoms with van der Waals surface area (Å²) in [6.07, 6.45) is 8.29. The van der Waals surface area contributed by atoms with Crippen molar-refractivity contribution in [3.8, 4) is 0 Å². The van der Waals surface area contributed by atoms with E-state index in [1.807, 2.05) is 25.6 Å². The van der Waals surface area contributed by atoms with Gasteiger partial charge in [-0.3, -0.25) is 0 Å². The van der Waals surface area contributed by atoms with E-state index in [1.165, 1.54) is 17.5 Å². The summed E-state index contributed by atoms with van der Waals surface area (Å²) >= 11 is 1.74. The van der Waals surface area contributed by atoms with Crippen molar-refractivity contribution in [3.05, 3.63) is 36.0 Å². The zero-order valence-electron chi connectivity index (χ0n) is 12.6. The van der Waals surface area contributed by atoms with E-state index in [2.05, 4.69) is 30.9 Å². The third-order valence-electron chi connectivity index (χ3n) is 4.24. The van der Waals surface area contributed by atoms with E-state index < -0.39 is 0 Å². The molecule has 22 heavy (non-hydrogen) atoms. The van der Waals surface area contributed by atoms with Gasteiger partial charge in [0.05, 0.1) is 16.5 Å². The summed E-state index contributed by atoms with van der Waals surface area (Å²) in [4.78, 5) is 15.8. The van der Waals surface area contributed by atoms with E-state index in [1.54, 1.807) is 11.3 Å². The van der Waals surface area contributed by atoms with E-state index in [9.17, 15) is 0 Å². The Kier molecular flexibility index (Phi) is 3.54. The fourth-order valence-corrected chi connectivity index (χ4v) is 4.12. The number of imidazole rings is 1. The lowest BCUT2D eigenvalue weighted by molar-refractivity contribution is 0.365. The molecular weight excluding hydrogens is 294 g/mol. The highest BCUT2D eigenvalue weighted by atomic mass is 32.1. The van der Waals surface area contributed by atoms with Gasteiger partial charge in [-0.2, -0.15) is 0 Å². The van der Waals surface area contributed by atoms with Crippen molar-refractivity contribution in [2.75, 3.05) is 18.0 Å². The Hall–Kier alpha value is -1.95. The molecular formula is C16H19N5S. The molecule has 114 valence electrons. The summed E-state index contributed by atoms with van der Waals surface area (Å²) in [7, 11) is 0. The second-order valence-corrected chi connectivity index (χ2v) is 6.86. The van der Waals surface area contributed by atoms with Crippen LogP contribution in [0.5, 0.6) is 0 Å². The highest BCUT2D eigenvalue weighted by Gasteiger charge is 2.23. The molecule has 1 aliphatic rings. The Balaban J connectivity index is 1.59. The molecule has 5 nitrogen and oxygen atoms in total. The molecule has 0 saturated carbocycles. The first kappa shape index (κ1) is 13.7. The maximum absolute atomic E-state index is 4.73. The summed E-state index contributed by atoms with van der Waals surface area (Å²) in [5.74, 6) is 2.62. The van der Waals surface area contributed by atoms with Crippen molar-refractivity contribution >= 4 is 27.4 Å². The molecule has 0 unspecified atom stereocenters. The van der Waals surface area contributed by atoms with Gasteiger partial charge < -0.3 is 9.47 Å². The Morgan fingerprint density at radius 1 is 1.36 bits per heavy atom. The van der Waals surface area contributed by atoms with Gasteiger partial charge in [-0.15, -0.1) is 11.3 Å². The molecule has 1 atom stereocenters. The van der Waals surface area contributed by atoms with Crippen molar-refractivity contribution in [2.24, 2.45) is 5.92 Å². The topological polar surface area (TPSA) is 46.8 Å². The average Bonchev–Trinajstić information content (AvgIpc) is 3.18. The molecule has 1 saturated heterocycles. The fourth-order valence-electron chi connectivity index (χ4n) is 3.27. The molecule has 0 aliphatic carbocycles. The smallest absolute Gasteiger partial charge is 0.150 e. The number of rotatable bonds is 3. The van der Waals surface area contributed by atoms with Gasteiger partial charge in [0.1, 0.15) is 11.6 Å². The van der Waals surface area contributed by atoms with E-state index in [4.69, 9.17) is 4.98 Å². The minimum Gasteiger partial charge on any atom is -0.355 e. The van der Waals surface area contributed by atoms with Crippen LogP contribution >= 0.6 is 11.3 Å². The summed E-state index contributed by atoms with van der Waals surface area (Å²) in [6, 6.07) is 2.09. The molecule has 3 aromatic heterocycles. The highest BCUT2D eigenvalue weighted by molar-refractivity contribution is 7.17. The Labute approximate surface area is 133 Å². The van der Waals surface area contributed by atoms with Gasteiger partial charge in [0, 0.05) is 32.0 Å². The minimum absolute atomic E-state index is 0.647. The SMILES string of the molecule is Cc1nc(N2CCC[C@@H](Cn3ccnc3)C2)c2sccc2n1. The van der Waals surface area contributed by atoms with E-state index in [0.717, 1.165) is 36.8 Å². The van der Waals surface area contributed by atoms with E-state index in [0.29, 0.717) is 5.92 Å². The normalized spacial score (nSPS) is 19.0. The third kappa shape index (κ3) is 2.59. The molecule has 0 aromatic carbocycles. The number of hydrogen-bond acceptors (Lipinski definition) is 5. The first-order valence-electron chi connectivity index (χ1n) is 7.72. The predicted octanol–water partition coefficient (Wildman–Crippen LogP) is 3.11. The maximum Gasteiger partial charge on any atom is 0.150 e. The summed E-state index contributed by atoms with van der Waals surface area (Å²) in [6.45, 7) is 5.16. The van der Waals surface area contributed by atoms with Gasteiger partial charge in [-0.05, 0) is 37.1 Å². The zero-order chi connectivity index (χ0) is 14.9. The van der Waals surface area contributed by atoms with Gasteiger partial charge in [-0.1, -0.05) is 0 Å². The van der Waals surface area contributed by atoms with Crippen molar-refractivity contribution in [3.63, 3.8) is 0 Å². The van der Waals surface area contributed by atoms with E-state index in [-0.39, 0.29) is 0 Å². The monoisotopic (exact) mass is 313 g/mol. The van der Waals surface area contributed by atoms with Crippen LogP contribution in [0, 0.1) is 12.8 Å². The molecule has 3 aromatic rings.